The number of carbonyl (C=O) groups is 5. The Bertz CT molecular complexity index is 1290. The van der Waals surface area contributed by atoms with Crippen molar-refractivity contribution in [1.29, 1.82) is 0 Å². The highest BCUT2D eigenvalue weighted by Gasteiger charge is 2.29. The molecule has 41 heavy (non-hydrogen) atoms. The van der Waals surface area contributed by atoms with Crippen LogP contribution in [0.15, 0.2) is 91.0 Å². The number of hydrogen-bond donors (Lipinski definition) is 7. The molecule has 0 saturated carbocycles. The summed E-state index contributed by atoms with van der Waals surface area (Å²) in [5, 5.41) is 24.2. The van der Waals surface area contributed by atoms with E-state index < -0.39 is 42.1 Å². The first-order chi connectivity index (χ1) is 19.5. The summed E-state index contributed by atoms with van der Waals surface area (Å²) in [5.74, 6) is -2.31. The van der Waals surface area contributed by atoms with Gasteiger partial charge in [-0.15, -0.1) is 0 Å². The predicted octanol–water partition coefficient (Wildman–Crippen LogP) is 1.43. The lowest BCUT2D eigenvalue weighted by molar-refractivity contribution is -0.139. The van der Waals surface area contributed by atoms with Gasteiger partial charge in [-0.05, 0) is 23.1 Å². The van der Waals surface area contributed by atoms with Crippen LogP contribution in [0.25, 0.3) is 0 Å². The number of nitrogens with two attached hydrogens (primary N) is 2. The number of amides is 5. The molecule has 0 radical (unpaired) electrons. The number of carboxylic acid groups (broad SMARTS) is 2. The molecule has 12 heteroatoms. The van der Waals surface area contributed by atoms with Gasteiger partial charge in [-0.1, -0.05) is 91.0 Å². The molecule has 3 atom stereocenters. The van der Waals surface area contributed by atoms with Crippen LogP contribution in [0.3, 0.4) is 0 Å². The minimum absolute atomic E-state index is 0.221. The van der Waals surface area contributed by atoms with Crippen LogP contribution in [0.4, 0.5) is 9.59 Å². The molecule has 9 N–H and O–H groups in total. The normalized spacial score (nSPS) is 14.9. The first-order valence-electron chi connectivity index (χ1n) is 12.6. The molecule has 0 aromatic heterocycles. The molecule has 1 aliphatic rings. The average molecular weight is 564 g/mol. The smallest absolute Gasteiger partial charge is 0.326 e. The standard InChI is InChI=1S/C10H12N2O3.C10H10N2O2.C9H11NO2/c11-10(15)12-8(9(13)14)6-7-4-2-1-3-5-7;13-9-8(11-10(14)12-9)6-7-4-2-1-3-5-7;10-8(9(11)12)6-7-4-2-1-3-5-7/h1-5,8H,6H2,(H,13,14)(H3,11,12,15);1-5,8H,6H2,(H2,11,12,13,14);1-5,8H,6,10H2,(H,11,12)/t8-;;8-/m1.1/s1. The summed E-state index contributed by atoms with van der Waals surface area (Å²) >= 11 is 0. The molecule has 0 spiro atoms. The molecule has 12 nitrogen and oxygen atoms in total. The summed E-state index contributed by atoms with van der Waals surface area (Å²) in [7, 11) is 0. The Balaban J connectivity index is 0.000000216. The molecule has 216 valence electrons. The second-order valence-corrected chi connectivity index (χ2v) is 8.93. The molecule has 3 aromatic carbocycles. The van der Waals surface area contributed by atoms with E-state index >= 15 is 0 Å². The van der Waals surface area contributed by atoms with Gasteiger partial charge in [0.15, 0.2) is 0 Å². The van der Waals surface area contributed by atoms with E-state index in [0.29, 0.717) is 12.8 Å². The van der Waals surface area contributed by atoms with Crippen molar-refractivity contribution in [3.05, 3.63) is 108 Å². The SMILES string of the molecule is NC(=O)N[C@H](Cc1ccccc1)C(=O)O.N[C@H](Cc1ccccc1)C(=O)O.O=C1NC(=O)C(Cc2ccccc2)N1. The van der Waals surface area contributed by atoms with Crippen LogP contribution in [0.1, 0.15) is 16.7 Å². The number of imide groups is 1. The maximum absolute atomic E-state index is 11.2. The van der Waals surface area contributed by atoms with Crippen molar-refractivity contribution >= 4 is 29.9 Å². The first kappa shape index (κ1) is 32.0. The van der Waals surface area contributed by atoms with E-state index in [2.05, 4.69) is 16.0 Å². The third kappa shape index (κ3) is 12.4. The number of benzene rings is 3. The molecule has 3 aromatic rings. The monoisotopic (exact) mass is 563 g/mol. The van der Waals surface area contributed by atoms with E-state index in [0.717, 1.165) is 16.7 Å². The Labute approximate surface area is 236 Å². The van der Waals surface area contributed by atoms with Crippen molar-refractivity contribution in [3.8, 4) is 0 Å². The van der Waals surface area contributed by atoms with Gasteiger partial charge in [-0.3, -0.25) is 14.9 Å². The van der Waals surface area contributed by atoms with Crippen molar-refractivity contribution < 1.29 is 34.2 Å². The van der Waals surface area contributed by atoms with Gasteiger partial charge in [0.25, 0.3) is 5.91 Å². The number of carboxylic acids is 2. The van der Waals surface area contributed by atoms with Crippen molar-refractivity contribution in [3.63, 3.8) is 0 Å². The Hall–Kier alpha value is -5.23. The maximum atomic E-state index is 11.2. The molecule has 1 unspecified atom stereocenters. The average Bonchev–Trinajstić information content (AvgIpc) is 3.26. The van der Waals surface area contributed by atoms with E-state index in [1.54, 1.807) is 24.3 Å². The molecule has 5 amide bonds. The van der Waals surface area contributed by atoms with Gasteiger partial charge in [0.05, 0.1) is 0 Å². The number of primary amides is 1. The van der Waals surface area contributed by atoms with Crippen LogP contribution >= 0.6 is 0 Å². The molecule has 4 rings (SSSR count). The lowest BCUT2D eigenvalue weighted by Crippen LogP contribution is -2.44. The van der Waals surface area contributed by atoms with Crippen LogP contribution in [-0.2, 0) is 33.6 Å². The predicted molar refractivity (Wildman–Crippen MR) is 151 cm³/mol. The van der Waals surface area contributed by atoms with Crippen LogP contribution in [-0.4, -0.2) is 58.2 Å². The summed E-state index contributed by atoms with van der Waals surface area (Å²) in [4.78, 5) is 53.7. The van der Waals surface area contributed by atoms with Crippen molar-refractivity contribution in [1.82, 2.24) is 16.0 Å². The fourth-order valence-electron chi connectivity index (χ4n) is 3.63. The van der Waals surface area contributed by atoms with Crippen LogP contribution in [0.2, 0.25) is 0 Å². The second-order valence-electron chi connectivity index (χ2n) is 8.93. The number of rotatable bonds is 9. The van der Waals surface area contributed by atoms with Gasteiger partial charge in [-0.25, -0.2) is 14.4 Å². The largest absolute Gasteiger partial charge is 0.480 e. The fraction of sp³-hybridized carbons (Fsp3) is 0.207. The number of hydrogen-bond acceptors (Lipinski definition) is 6. The zero-order chi connectivity index (χ0) is 30.2. The summed E-state index contributed by atoms with van der Waals surface area (Å²) in [6, 6.07) is 24.5. The fourth-order valence-corrected chi connectivity index (χ4v) is 3.63. The Morgan fingerprint density at radius 1 is 0.756 bits per heavy atom. The van der Waals surface area contributed by atoms with Gasteiger partial charge in [0.2, 0.25) is 0 Å². The van der Waals surface area contributed by atoms with E-state index in [9.17, 15) is 24.0 Å². The van der Waals surface area contributed by atoms with Crippen LogP contribution < -0.4 is 27.4 Å². The van der Waals surface area contributed by atoms with Gasteiger partial charge >= 0.3 is 24.0 Å². The molecule has 0 aliphatic carbocycles. The van der Waals surface area contributed by atoms with Gasteiger partial charge < -0.3 is 32.3 Å². The van der Waals surface area contributed by atoms with Gasteiger partial charge in [0.1, 0.15) is 18.1 Å². The molecular formula is C29H33N5O7. The summed E-state index contributed by atoms with van der Waals surface area (Å²) in [6.07, 6.45) is 1.15. The van der Waals surface area contributed by atoms with Gasteiger partial charge in [0, 0.05) is 12.8 Å². The summed E-state index contributed by atoms with van der Waals surface area (Å²) in [6.45, 7) is 0. The van der Waals surface area contributed by atoms with E-state index in [4.69, 9.17) is 21.7 Å². The summed E-state index contributed by atoms with van der Waals surface area (Å²) in [5.41, 5.74) is 13.0. The highest BCUT2D eigenvalue weighted by molar-refractivity contribution is 6.04. The lowest BCUT2D eigenvalue weighted by Gasteiger charge is -2.12. The highest BCUT2D eigenvalue weighted by Crippen LogP contribution is 2.06. The Morgan fingerprint density at radius 2 is 1.22 bits per heavy atom. The Kier molecular flexibility index (Phi) is 13.0. The van der Waals surface area contributed by atoms with Gasteiger partial charge in [-0.2, -0.15) is 0 Å². The maximum Gasteiger partial charge on any atom is 0.326 e. The number of nitrogens with one attached hydrogen (secondary N) is 3. The quantitative estimate of drug-likeness (QED) is 0.189. The summed E-state index contributed by atoms with van der Waals surface area (Å²) < 4.78 is 0. The van der Waals surface area contributed by atoms with E-state index in [-0.39, 0.29) is 12.3 Å². The molecule has 1 aliphatic heterocycles. The zero-order valence-electron chi connectivity index (χ0n) is 22.1. The van der Waals surface area contributed by atoms with E-state index in [1.807, 2.05) is 66.7 Å². The molecular weight excluding hydrogens is 530 g/mol. The molecule has 0 bridgehead atoms. The first-order valence-corrected chi connectivity index (χ1v) is 12.6. The zero-order valence-corrected chi connectivity index (χ0v) is 22.1. The second kappa shape index (κ2) is 16.7. The lowest BCUT2D eigenvalue weighted by atomic mass is 10.1. The van der Waals surface area contributed by atoms with Crippen LogP contribution in [0, 0.1) is 0 Å². The number of aliphatic carboxylic acids is 2. The van der Waals surface area contributed by atoms with Crippen molar-refractivity contribution in [2.75, 3.05) is 0 Å². The number of urea groups is 2. The third-order valence-electron chi connectivity index (χ3n) is 5.65. The minimum Gasteiger partial charge on any atom is -0.480 e. The molecule has 1 heterocycles. The third-order valence-corrected chi connectivity index (χ3v) is 5.65. The topological polar surface area (TPSA) is 214 Å². The van der Waals surface area contributed by atoms with Crippen molar-refractivity contribution in [2.45, 2.75) is 37.4 Å². The minimum atomic E-state index is -1.10. The highest BCUT2D eigenvalue weighted by atomic mass is 16.4. The van der Waals surface area contributed by atoms with Crippen LogP contribution in [0.5, 0.6) is 0 Å². The van der Waals surface area contributed by atoms with Crippen molar-refractivity contribution in [2.24, 2.45) is 11.5 Å². The number of carbonyl (C=O) groups excluding carboxylic acids is 3. The molecule has 1 fully saturated rings. The Morgan fingerprint density at radius 3 is 1.61 bits per heavy atom. The molecule has 1 saturated heterocycles. The van der Waals surface area contributed by atoms with E-state index in [1.165, 1.54) is 0 Å².